The van der Waals surface area contributed by atoms with Gasteiger partial charge in [0.05, 0.1) is 29.4 Å². The third-order valence-electron chi connectivity index (χ3n) is 5.81. The lowest BCUT2D eigenvalue weighted by atomic mass is 9.93. The van der Waals surface area contributed by atoms with E-state index in [-0.39, 0.29) is 22.9 Å². The number of benzene rings is 2. The molecule has 0 bridgehead atoms. The van der Waals surface area contributed by atoms with Crippen LogP contribution in [0.2, 0.25) is 5.02 Å². The lowest BCUT2D eigenvalue weighted by molar-refractivity contribution is 0.0470. The molecule has 0 saturated heterocycles. The fraction of sp³-hybridized carbons (Fsp3) is 0.423. The molecule has 1 aliphatic carbocycles. The number of aromatic nitrogens is 2. The number of carbonyl (C=O) groups is 1. The van der Waals surface area contributed by atoms with Gasteiger partial charge < -0.3 is 24.8 Å². The Kier molecular flexibility index (Phi) is 7.68. The van der Waals surface area contributed by atoms with Gasteiger partial charge in [-0.15, -0.1) is 0 Å². The summed E-state index contributed by atoms with van der Waals surface area (Å²) >= 11 is 5.92. The van der Waals surface area contributed by atoms with Crippen LogP contribution in [0.1, 0.15) is 46.5 Å². The van der Waals surface area contributed by atoms with Crippen molar-refractivity contribution in [1.29, 1.82) is 0 Å². The largest absolute Gasteiger partial charge is 0.493 e. The number of ether oxygens (including phenoxy) is 3. The molecule has 1 aromatic heterocycles. The predicted octanol–water partition coefficient (Wildman–Crippen LogP) is 6.39. The van der Waals surface area contributed by atoms with E-state index in [4.69, 9.17) is 25.8 Å². The molecule has 192 valence electrons. The summed E-state index contributed by atoms with van der Waals surface area (Å²) in [7, 11) is 1.57. The van der Waals surface area contributed by atoms with Gasteiger partial charge in [-0.25, -0.2) is 19.2 Å². The Morgan fingerprint density at radius 1 is 1.11 bits per heavy atom. The summed E-state index contributed by atoms with van der Waals surface area (Å²) in [5, 5.41) is 6.61. The zero-order valence-electron chi connectivity index (χ0n) is 20.7. The van der Waals surface area contributed by atoms with Crippen LogP contribution in [0.3, 0.4) is 0 Å². The molecular formula is C26H30ClFN4O4. The van der Waals surface area contributed by atoms with Crippen molar-refractivity contribution in [3.8, 4) is 11.5 Å². The second-order valence-corrected chi connectivity index (χ2v) is 10.1. The van der Waals surface area contributed by atoms with Crippen molar-refractivity contribution >= 4 is 40.1 Å². The van der Waals surface area contributed by atoms with Crippen LogP contribution >= 0.6 is 11.6 Å². The zero-order chi connectivity index (χ0) is 25.9. The molecule has 1 saturated carbocycles. The molecule has 1 heterocycles. The van der Waals surface area contributed by atoms with Crippen molar-refractivity contribution in [2.45, 2.75) is 64.2 Å². The molecular weight excluding hydrogens is 487 g/mol. The first-order valence-corrected chi connectivity index (χ1v) is 12.2. The molecule has 36 heavy (non-hydrogen) atoms. The smallest absolute Gasteiger partial charge is 0.407 e. The van der Waals surface area contributed by atoms with Crippen LogP contribution < -0.4 is 20.1 Å². The molecule has 8 nitrogen and oxygen atoms in total. The van der Waals surface area contributed by atoms with Crippen LogP contribution in [0.4, 0.5) is 20.7 Å². The fourth-order valence-corrected chi connectivity index (χ4v) is 4.30. The molecule has 3 aromatic rings. The van der Waals surface area contributed by atoms with E-state index in [0.717, 1.165) is 25.7 Å². The number of alkyl carbamates (subject to hydrolysis) is 1. The van der Waals surface area contributed by atoms with E-state index >= 15 is 0 Å². The maximum atomic E-state index is 14.5. The van der Waals surface area contributed by atoms with Crippen molar-refractivity contribution < 1.29 is 23.4 Å². The number of nitrogens with zero attached hydrogens (tertiary/aromatic N) is 2. The number of methoxy groups -OCH3 is 1. The highest BCUT2D eigenvalue weighted by atomic mass is 35.5. The first-order chi connectivity index (χ1) is 17.1. The number of nitrogens with one attached hydrogen (secondary N) is 2. The Bertz CT molecular complexity index is 1240. The first kappa shape index (κ1) is 25.8. The Labute approximate surface area is 214 Å². The predicted molar refractivity (Wildman–Crippen MR) is 137 cm³/mol. The van der Waals surface area contributed by atoms with Gasteiger partial charge >= 0.3 is 6.09 Å². The molecule has 0 radical (unpaired) electrons. The molecule has 10 heteroatoms. The number of anilines is 2. The average Bonchev–Trinajstić information content (AvgIpc) is 2.82. The van der Waals surface area contributed by atoms with Crippen LogP contribution in [0, 0.1) is 5.82 Å². The highest BCUT2D eigenvalue weighted by Crippen LogP contribution is 2.37. The van der Waals surface area contributed by atoms with Crippen LogP contribution in [-0.2, 0) is 4.74 Å². The third kappa shape index (κ3) is 6.26. The molecule has 4 rings (SSSR count). The fourth-order valence-electron chi connectivity index (χ4n) is 4.12. The lowest BCUT2D eigenvalue weighted by Crippen LogP contribution is -2.42. The molecule has 1 fully saturated rings. The van der Waals surface area contributed by atoms with Gasteiger partial charge in [-0.3, -0.25) is 0 Å². The zero-order valence-corrected chi connectivity index (χ0v) is 21.5. The third-order valence-corrected chi connectivity index (χ3v) is 6.11. The van der Waals surface area contributed by atoms with E-state index < -0.39 is 17.5 Å². The van der Waals surface area contributed by atoms with E-state index in [1.54, 1.807) is 31.4 Å². The number of amides is 1. The minimum Gasteiger partial charge on any atom is -0.493 e. The summed E-state index contributed by atoms with van der Waals surface area (Å²) < 4.78 is 31.7. The van der Waals surface area contributed by atoms with Gasteiger partial charge in [-0.05, 0) is 64.7 Å². The Morgan fingerprint density at radius 2 is 1.86 bits per heavy atom. The Hall–Kier alpha value is -3.33. The van der Waals surface area contributed by atoms with E-state index in [0.29, 0.717) is 28.2 Å². The first-order valence-electron chi connectivity index (χ1n) is 11.8. The van der Waals surface area contributed by atoms with Gasteiger partial charge in [0.1, 0.15) is 17.7 Å². The molecule has 2 aromatic carbocycles. The maximum absolute atomic E-state index is 14.5. The van der Waals surface area contributed by atoms with Crippen molar-refractivity contribution in [3.05, 3.63) is 47.5 Å². The summed E-state index contributed by atoms with van der Waals surface area (Å²) in [5.74, 6) is 0.930. The average molecular weight is 517 g/mol. The summed E-state index contributed by atoms with van der Waals surface area (Å²) in [5.41, 5.74) is 0.286. The van der Waals surface area contributed by atoms with Crippen LogP contribution in [0.15, 0.2) is 36.7 Å². The van der Waals surface area contributed by atoms with Crippen LogP contribution in [0.5, 0.6) is 11.5 Å². The van der Waals surface area contributed by atoms with Crippen molar-refractivity contribution in [1.82, 2.24) is 15.3 Å². The van der Waals surface area contributed by atoms with E-state index in [9.17, 15) is 9.18 Å². The van der Waals surface area contributed by atoms with E-state index in [1.807, 2.05) is 20.8 Å². The number of fused-ring (bicyclic) bond motifs is 1. The van der Waals surface area contributed by atoms with Crippen molar-refractivity contribution in [3.63, 3.8) is 0 Å². The normalized spacial score (nSPS) is 17.9. The number of rotatable bonds is 6. The van der Waals surface area contributed by atoms with Gasteiger partial charge in [0.2, 0.25) is 0 Å². The van der Waals surface area contributed by atoms with Gasteiger partial charge in [0.15, 0.2) is 17.3 Å². The van der Waals surface area contributed by atoms with Gasteiger partial charge in [-0.1, -0.05) is 17.7 Å². The van der Waals surface area contributed by atoms with Crippen molar-refractivity contribution in [2.75, 3.05) is 12.4 Å². The Morgan fingerprint density at radius 3 is 2.56 bits per heavy atom. The highest BCUT2D eigenvalue weighted by molar-refractivity contribution is 6.31. The number of hydrogen-bond acceptors (Lipinski definition) is 7. The molecule has 0 aliphatic heterocycles. The van der Waals surface area contributed by atoms with Crippen molar-refractivity contribution in [2.24, 2.45) is 0 Å². The summed E-state index contributed by atoms with van der Waals surface area (Å²) in [6.45, 7) is 5.52. The van der Waals surface area contributed by atoms with Gasteiger partial charge in [-0.2, -0.15) is 0 Å². The Balaban J connectivity index is 1.49. The molecule has 1 aliphatic rings. The highest BCUT2D eigenvalue weighted by Gasteiger charge is 2.26. The molecule has 2 N–H and O–H groups in total. The van der Waals surface area contributed by atoms with E-state index in [2.05, 4.69) is 20.6 Å². The van der Waals surface area contributed by atoms with E-state index in [1.165, 1.54) is 12.4 Å². The molecule has 1 amide bonds. The number of carbonyl (C=O) groups excluding carboxylic acids is 1. The second kappa shape index (κ2) is 10.7. The quantitative estimate of drug-likeness (QED) is 0.392. The SMILES string of the molecule is COc1cc2ncnc(Nc3cccc(Cl)c3F)c2cc1O[C@H]1CC[C@@H](NC(=O)OC(C)(C)C)CC1. The van der Waals surface area contributed by atoms with Crippen LogP contribution in [-0.4, -0.2) is 40.9 Å². The van der Waals surface area contributed by atoms with Gasteiger partial charge in [0, 0.05) is 17.5 Å². The maximum Gasteiger partial charge on any atom is 0.407 e. The van der Waals surface area contributed by atoms with Gasteiger partial charge in [0.25, 0.3) is 0 Å². The number of hydrogen-bond donors (Lipinski definition) is 2. The molecule has 0 unspecified atom stereocenters. The minimum atomic E-state index is -0.562. The standard InChI is InChI=1S/C26H30ClFN4O4/c1-26(2,3)36-25(33)31-15-8-10-16(11-9-15)35-22-12-17-20(13-21(22)34-4)29-14-30-24(17)32-19-7-5-6-18(27)23(19)28/h5-7,12-16H,8-11H2,1-4H3,(H,31,33)(H,29,30,32)/t15-,16+. The topological polar surface area (TPSA) is 94.6 Å². The van der Waals surface area contributed by atoms with Crippen LogP contribution in [0.25, 0.3) is 10.9 Å². The summed E-state index contributed by atoms with van der Waals surface area (Å²) in [6, 6.07) is 8.32. The minimum absolute atomic E-state index is 0.0146. The lowest BCUT2D eigenvalue weighted by Gasteiger charge is -2.30. The molecule has 0 spiro atoms. The summed E-state index contributed by atoms with van der Waals surface area (Å²) in [6.07, 6.45) is 3.98. The summed E-state index contributed by atoms with van der Waals surface area (Å²) in [4.78, 5) is 20.7. The second-order valence-electron chi connectivity index (χ2n) is 9.71. The number of halogens is 2. The monoisotopic (exact) mass is 516 g/mol. The molecule has 0 atom stereocenters.